The Morgan fingerprint density at radius 2 is 1.87 bits per heavy atom. The first-order valence-electron chi connectivity index (χ1n) is 3.99. The van der Waals surface area contributed by atoms with Crippen molar-refractivity contribution in [2.45, 2.75) is 5.07 Å². The number of nitrogens with one attached hydrogen (secondary N) is 1. The summed E-state index contributed by atoms with van der Waals surface area (Å²) < 4.78 is 38.0. The average molecular weight is 390 g/mol. The molecule has 1 nitrogen and oxygen atoms in total. The quantitative estimate of drug-likeness (QED) is 0.570. The van der Waals surface area contributed by atoms with E-state index in [1.165, 1.54) is 0 Å². The Morgan fingerprint density at radius 1 is 1.20 bits per heavy atom. The third-order valence-electron chi connectivity index (χ3n) is 1.83. The zero-order chi connectivity index (χ0) is 11.1. The number of aromatic amines is 1. The Kier molecular flexibility index (Phi) is 3.00. The molecule has 2 rings (SSSR count). The van der Waals surface area contributed by atoms with E-state index in [1.54, 1.807) is 24.3 Å². The molecule has 80 valence electrons. The van der Waals surface area contributed by atoms with Gasteiger partial charge in [0.15, 0.2) is 0 Å². The zero-order valence-corrected chi connectivity index (χ0v) is 11.1. The van der Waals surface area contributed by atoms with Gasteiger partial charge in [0.05, 0.1) is 0 Å². The van der Waals surface area contributed by atoms with Crippen LogP contribution >= 0.6 is 22.6 Å². The van der Waals surface area contributed by atoms with Gasteiger partial charge in [0.2, 0.25) is 0 Å². The summed E-state index contributed by atoms with van der Waals surface area (Å²) in [6.07, 6.45) is 0. The molecule has 0 saturated heterocycles. The number of alkyl halides is 3. The summed E-state index contributed by atoms with van der Waals surface area (Å²) in [5.41, 5.74) is 0.767. The molecular weight excluding hydrogens is 385 g/mol. The van der Waals surface area contributed by atoms with Crippen molar-refractivity contribution in [3.63, 3.8) is 0 Å². The third-order valence-corrected chi connectivity index (χ3v) is 5.27. The van der Waals surface area contributed by atoms with Crippen molar-refractivity contribution in [2.75, 3.05) is 0 Å². The Labute approximate surface area is 104 Å². The van der Waals surface area contributed by atoms with Gasteiger partial charge in [-0.1, -0.05) is 0 Å². The molecule has 0 fully saturated rings. The number of rotatable bonds is 1. The van der Waals surface area contributed by atoms with E-state index in [-0.39, 0.29) is 0 Å². The first-order valence-corrected chi connectivity index (χ1v) is 6.78. The molecule has 0 amide bonds. The summed E-state index contributed by atoms with van der Waals surface area (Å²) in [5, 5.41) is -3.42. The fraction of sp³-hybridized carbons (Fsp3) is 0.111. The number of aromatic nitrogens is 1. The second-order valence-corrected chi connectivity index (χ2v) is 6.20. The van der Waals surface area contributed by atoms with Crippen LogP contribution in [0.3, 0.4) is 0 Å². The van der Waals surface area contributed by atoms with Crippen LogP contribution in [0.5, 0.6) is 0 Å². The summed E-state index contributed by atoms with van der Waals surface area (Å²) in [4.78, 5) is 2.95. The van der Waals surface area contributed by atoms with Crippen molar-refractivity contribution in [2.24, 2.45) is 0 Å². The van der Waals surface area contributed by atoms with E-state index < -0.39 is 20.0 Å². The van der Waals surface area contributed by atoms with Gasteiger partial charge < -0.3 is 0 Å². The van der Waals surface area contributed by atoms with E-state index in [2.05, 4.69) is 4.98 Å². The van der Waals surface area contributed by atoms with Crippen LogP contribution in [0.2, 0.25) is 0 Å². The second-order valence-electron chi connectivity index (χ2n) is 2.86. The third kappa shape index (κ3) is 2.49. The number of benzene rings is 1. The monoisotopic (exact) mass is 391 g/mol. The molecule has 0 saturated carbocycles. The van der Waals surface area contributed by atoms with Crippen LogP contribution in [0.15, 0.2) is 24.3 Å². The minimum atomic E-state index is -4.10. The maximum absolute atomic E-state index is 12.3. The van der Waals surface area contributed by atoms with Gasteiger partial charge in [0, 0.05) is 0 Å². The SMILES string of the molecule is FC(F)(F)[Se]c1c(I)[nH]c2ccccc12. The molecule has 0 spiro atoms. The van der Waals surface area contributed by atoms with Gasteiger partial charge in [-0.2, -0.15) is 0 Å². The molecular formula is C9H5F3INSe. The molecule has 1 aromatic heterocycles. The van der Waals surface area contributed by atoms with Crippen molar-refractivity contribution in [1.29, 1.82) is 0 Å². The molecule has 2 aromatic rings. The Balaban J connectivity index is 2.54. The summed E-state index contributed by atoms with van der Waals surface area (Å²) in [6.45, 7) is 0. The van der Waals surface area contributed by atoms with E-state index in [9.17, 15) is 13.2 Å². The van der Waals surface area contributed by atoms with E-state index in [4.69, 9.17) is 0 Å². The van der Waals surface area contributed by atoms with Gasteiger partial charge in [-0.3, -0.25) is 0 Å². The first-order chi connectivity index (χ1) is 6.97. The first kappa shape index (κ1) is 11.3. The standard InChI is InChI=1S/C9H5F3INSe/c10-9(11,12)15-7-5-3-1-2-4-6(5)14-8(7)13/h1-4,14H. The van der Waals surface area contributed by atoms with E-state index in [1.807, 2.05) is 22.6 Å². The zero-order valence-electron chi connectivity index (χ0n) is 7.23. The number of hydrogen-bond acceptors (Lipinski definition) is 0. The van der Waals surface area contributed by atoms with Gasteiger partial charge in [0.25, 0.3) is 0 Å². The molecule has 0 unspecified atom stereocenters. The fourth-order valence-corrected chi connectivity index (χ4v) is 3.84. The van der Waals surface area contributed by atoms with E-state index in [0.717, 1.165) is 5.52 Å². The summed E-state index contributed by atoms with van der Waals surface area (Å²) in [6, 6.07) is 7.06. The van der Waals surface area contributed by atoms with Gasteiger partial charge in [0.1, 0.15) is 0 Å². The Morgan fingerprint density at radius 3 is 2.53 bits per heavy atom. The van der Waals surface area contributed by atoms with Crippen molar-refractivity contribution in [3.8, 4) is 0 Å². The topological polar surface area (TPSA) is 15.8 Å². The number of para-hydroxylation sites is 1. The molecule has 1 aromatic carbocycles. The van der Waals surface area contributed by atoms with Crippen molar-refractivity contribution >= 4 is 52.9 Å². The molecule has 1 heterocycles. The Hall–Kier alpha value is -0.201. The van der Waals surface area contributed by atoms with Crippen molar-refractivity contribution in [1.82, 2.24) is 4.98 Å². The van der Waals surface area contributed by atoms with Crippen molar-refractivity contribution < 1.29 is 13.2 Å². The van der Waals surface area contributed by atoms with E-state index in [0.29, 0.717) is 13.5 Å². The molecule has 0 aliphatic carbocycles. The van der Waals surface area contributed by atoms with Crippen LogP contribution in [-0.4, -0.2) is 25.0 Å². The summed E-state index contributed by atoms with van der Waals surface area (Å²) >= 11 is 0.431. The van der Waals surface area contributed by atoms with Crippen LogP contribution in [0, 0.1) is 3.70 Å². The van der Waals surface area contributed by atoms with Crippen molar-refractivity contribution in [3.05, 3.63) is 28.0 Å². The molecule has 0 aliphatic rings. The average Bonchev–Trinajstić information content (AvgIpc) is 2.41. The summed E-state index contributed by atoms with van der Waals surface area (Å²) in [7, 11) is 0. The van der Waals surface area contributed by atoms with Crippen LogP contribution in [0.1, 0.15) is 0 Å². The normalized spacial score (nSPS) is 12.3. The maximum atomic E-state index is 12.3. The van der Waals surface area contributed by atoms with Crippen LogP contribution in [-0.2, 0) is 0 Å². The molecule has 0 atom stereocenters. The summed E-state index contributed by atoms with van der Waals surface area (Å²) in [5.74, 6) is 0. The Bertz CT molecular complexity index is 492. The van der Waals surface area contributed by atoms with Gasteiger partial charge >= 0.3 is 104 Å². The molecule has 6 heteroatoms. The van der Waals surface area contributed by atoms with Crippen LogP contribution in [0.4, 0.5) is 13.2 Å². The van der Waals surface area contributed by atoms with Gasteiger partial charge in [-0.15, -0.1) is 0 Å². The number of H-pyrrole nitrogens is 1. The fourth-order valence-electron chi connectivity index (χ4n) is 1.30. The number of hydrogen-bond donors (Lipinski definition) is 1. The molecule has 15 heavy (non-hydrogen) atoms. The molecule has 0 bridgehead atoms. The van der Waals surface area contributed by atoms with Crippen LogP contribution in [0.25, 0.3) is 10.9 Å². The predicted molar refractivity (Wildman–Crippen MR) is 62.5 cm³/mol. The number of halogens is 4. The van der Waals surface area contributed by atoms with Gasteiger partial charge in [-0.05, 0) is 0 Å². The molecule has 0 radical (unpaired) electrons. The second kappa shape index (κ2) is 3.99. The minimum absolute atomic E-state index is 0.395. The van der Waals surface area contributed by atoms with E-state index >= 15 is 0 Å². The van der Waals surface area contributed by atoms with Crippen LogP contribution < -0.4 is 4.46 Å². The molecule has 0 aliphatic heterocycles. The predicted octanol–water partition coefficient (Wildman–Crippen LogP) is 2.62. The van der Waals surface area contributed by atoms with Gasteiger partial charge in [-0.25, -0.2) is 0 Å². The number of fused-ring (bicyclic) bond motifs is 1. The molecule has 1 N–H and O–H groups in total.